The minimum atomic E-state index is -0.440. The summed E-state index contributed by atoms with van der Waals surface area (Å²) in [6.45, 7) is 0. The van der Waals surface area contributed by atoms with Gasteiger partial charge in [0.1, 0.15) is 5.82 Å². The maximum atomic E-state index is 13.5. The minimum Gasteiger partial charge on any atom is -0.279 e. The second-order valence-electron chi connectivity index (χ2n) is 6.46. The van der Waals surface area contributed by atoms with Gasteiger partial charge in [0.15, 0.2) is 11.2 Å². The van der Waals surface area contributed by atoms with Gasteiger partial charge in [-0.2, -0.15) is 4.98 Å². The van der Waals surface area contributed by atoms with Gasteiger partial charge in [0.25, 0.3) is 5.56 Å². The van der Waals surface area contributed by atoms with Gasteiger partial charge in [0.05, 0.1) is 10.6 Å². The van der Waals surface area contributed by atoms with Crippen molar-refractivity contribution in [1.82, 2.24) is 23.1 Å². The van der Waals surface area contributed by atoms with Crippen LogP contribution in [0.4, 0.5) is 4.39 Å². The van der Waals surface area contributed by atoms with Crippen molar-refractivity contribution in [2.24, 2.45) is 14.1 Å². The number of hydrogen-bond acceptors (Lipinski definition) is 4. The van der Waals surface area contributed by atoms with Gasteiger partial charge in [0, 0.05) is 26.0 Å². The Bertz CT molecular complexity index is 1470. The van der Waals surface area contributed by atoms with E-state index in [1.54, 1.807) is 34.9 Å². The quantitative estimate of drug-likeness (QED) is 0.461. The van der Waals surface area contributed by atoms with E-state index in [4.69, 9.17) is 0 Å². The molecule has 0 bridgehead atoms. The van der Waals surface area contributed by atoms with Crippen LogP contribution in [0.3, 0.4) is 0 Å². The number of aryl methyl sites for hydroxylation is 1. The monoisotopic (exact) mass is 395 g/mol. The van der Waals surface area contributed by atoms with E-state index in [-0.39, 0.29) is 5.82 Å². The Morgan fingerprint density at radius 1 is 1.04 bits per heavy atom. The van der Waals surface area contributed by atoms with Gasteiger partial charge in [0.2, 0.25) is 5.78 Å². The fraction of sp³-hybridized carbons (Fsp3) is 0.105. The first-order valence-corrected chi connectivity index (χ1v) is 9.34. The zero-order chi connectivity index (χ0) is 19.6. The van der Waals surface area contributed by atoms with Crippen LogP contribution in [0.5, 0.6) is 0 Å². The lowest BCUT2D eigenvalue weighted by atomic mass is 10.3. The molecule has 0 N–H and O–H groups in total. The van der Waals surface area contributed by atoms with Crippen LogP contribution >= 0.6 is 11.3 Å². The SMILES string of the molecule is Cn1c(=O)c2c(nc3n(-c4ccc(F)cc4)c(-c4cccs4)cn23)n(C)c1=O. The van der Waals surface area contributed by atoms with Crippen molar-refractivity contribution in [2.45, 2.75) is 0 Å². The molecule has 9 heteroatoms. The largest absolute Gasteiger partial charge is 0.332 e. The van der Waals surface area contributed by atoms with Crippen molar-refractivity contribution in [3.05, 3.63) is 74.6 Å². The molecule has 0 spiro atoms. The molecule has 4 aromatic heterocycles. The summed E-state index contributed by atoms with van der Waals surface area (Å²) < 4.78 is 19.4. The summed E-state index contributed by atoms with van der Waals surface area (Å²) in [6.07, 6.45) is 1.83. The number of benzene rings is 1. The Kier molecular flexibility index (Phi) is 3.44. The molecule has 0 aliphatic rings. The van der Waals surface area contributed by atoms with Crippen LogP contribution < -0.4 is 11.2 Å². The van der Waals surface area contributed by atoms with E-state index in [2.05, 4.69) is 4.98 Å². The van der Waals surface area contributed by atoms with Crippen LogP contribution in [0.2, 0.25) is 0 Å². The van der Waals surface area contributed by atoms with E-state index in [1.165, 1.54) is 23.7 Å². The van der Waals surface area contributed by atoms with Crippen LogP contribution in [-0.4, -0.2) is 23.1 Å². The number of fused-ring (bicyclic) bond motifs is 3. The molecule has 5 aromatic rings. The summed E-state index contributed by atoms with van der Waals surface area (Å²) in [4.78, 5) is 30.6. The number of imidazole rings is 2. The molecule has 0 atom stereocenters. The molecule has 28 heavy (non-hydrogen) atoms. The molecule has 0 saturated heterocycles. The van der Waals surface area contributed by atoms with E-state index < -0.39 is 11.2 Å². The highest BCUT2D eigenvalue weighted by Crippen LogP contribution is 2.31. The third kappa shape index (κ3) is 2.16. The predicted octanol–water partition coefficient (Wildman–Crippen LogP) is 2.54. The molecule has 7 nitrogen and oxygen atoms in total. The van der Waals surface area contributed by atoms with Crippen molar-refractivity contribution >= 4 is 28.3 Å². The Balaban J connectivity index is 1.98. The Morgan fingerprint density at radius 2 is 1.79 bits per heavy atom. The second-order valence-corrected chi connectivity index (χ2v) is 7.41. The lowest BCUT2D eigenvalue weighted by Gasteiger charge is -2.07. The van der Waals surface area contributed by atoms with Gasteiger partial charge in [-0.25, -0.2) is 9.18 Å². The highest BCUT2D eigenvalue weighted by molar-refractivity contribution is 7.13. The van der Waals surface area contributed by atoms with Crippen molar-refractivity contribution < 1.29 is 4.39 Å². The number of nitrogens with zero attached hydrogens (tertiary/aromatic N) is 5. The Morgan fingerprint density at radius 3 is 2.46 bits per heavy atom. The standard InChI is InChI=1S/C19H14FN5O2S/c1-22-16-15(17(26)23(2)19(22)27)24-10-13(14-4-3-9-28-14)25(18(24)21-16)12-7-5-11(20)6-8-12/h3-10H,1-2H3. The number of halogens is 1. The van der Waals surface area contributed by atoms with E-state index >= 15 is 0 Å². The molecule has 0 saturated carbocycles. The normalized spacial score (nSPS) is 11.7. The van der Waals surface area contributed by atoms with Crippen molar-refractivity contribution in [3.8, 4) is 16.3 Å². The zero-order valence-corrected chi connectivity index (χ0v) is 15.8. The van der Waals surface area contributed by atoms with Crippen molar-refractivity contribution in [2.75, 3.05) is 0 Å². The van der Waals surface area contributed by atoms with Crippen molar-refractivity contribution in [1.29, 1.82) is 0 Å². The number of rotatable bonds is 2. The smallest absolute Gasteiger partial charge is 0.279 e. The summed E-state index contributed by atoms with van der Waals surface area (Å²) in [6, 6.07) is 9.97. The molecule has 1 aromatic carbocycles. The third-order valence-corrected chi connectivity index (χ3v) is 5.72. The first-order chi connectivity index (χ1) is 13.5. The van der Waals surface area contributed by atoms with Crippen LogP contribution in [0.15, 0.2) is 57.6 Å². The summed E-state index contributed by atoms with van der Waals surface area (Å²) in [5, 5.41) is 1.96. The van der Waals surface area contributed by atoms with E-state index in [0.717, 1.165) is 15.1 Å². The van der Waals surface area contributed by atoms with E-state index in [9.17, 15) is 14.0 Å². The lowest BCUT2D eigenvalue weighted by molar-refractivity contribution is 0.627. The van der Waals surface area contributed by atoms with E-state index in [0.29, 0.717) is 22.6 Å². The molecule has 140 valence electrons. The fourth-order valence-corrected chi connectivity index (χ4v) is 4.14. The van der Waals surface area contributed by atoms with Crippen LogP contribution in [0, 0.1) is 5.82 Å². The molecule has 0 aliphatic heterocycles. The number of hydrogen-bond donors (Lipinski definition) is 0. The summed E-state index contributed by atoms with van der Waals surface area (Å²) in [7, 11) is 3.03. The number of aromatic nitrogens is 5. The van der Waals surface area contributed by atoms with Gasteiger partial charge in [-0.05, 0) is 35.7 Å². The molecule has 0 unspecified atom stereocenters. The first-order valence-electron chi connectivity index (χ1n) is 8.46. The minimum absolute atomic E-state index is 0.302. The zero-order valence-electron chi connectivity index (χ0n) is 15.0. The highest BCUT2D eigenvalue weighted by atomic mass is 32.1. The van der Waals surface area contributed by atoms with Crippen molar-refractivity contribution in [3.63, 3.8) is 0 Å². The van der Waals surface area contributed by atoms with E-state index in [1.807, 2.05) is 28.3 Å². The van der Waals surface area contributed by atoms with Crippen LogP contribution in [0.1, 0.15) is 0 Å². The molecule has 5 rings (SSSR count). The molecule has 0 amide bonds. The van der Waals surface area contributed by atoms with Gasteiger partial charge in [-0.3, -0.25) is 22.9 Å². The average Bonchev–Trinajstić information content (AvgIpc) is 3.40. The maximum absolute atomic E-state index is 13.5. The van der Waals surface area contributed by atoms with Gasteiger partial charge in [-0.1, -0.05) is 6.07 Å². The molecular weight excluding hydrogens is 381 g/mol. The first kappa shape index (κ1) is 16.7. The lowest BCUT2D eigenvalue weighted by Crippen LogP contribution is -2.37. The molecular formula is C19H14FN5O2S. The third-order valence-electron chi connectivity index (χ3n) is 4.82. The van der Waals surface area contributed by atoms with Gasteiger partial charge in [-0.15, -0.1) is 11.3 Å². The highest BCUT2D eigenvalue weighted by Gasteiger charge is 2.21. The van der Waals surface area contributed by atoms with Gasteiger partial charge >= 0.3 is 5.69 Å². The molecule has 4 heterocycles. The van der Waals surface area contributed by atoms with Crippen LogP contribution in [0.25, 0.3) is 33.2 Å². The summed E-state index contributed by atoms with van der Waals surface area (Å²) in [5.41, 5.74) is 1.29. The second kappa shape index (κ2) is 5.77. The van der Waals surface area contributed by atoms with Crippen LogP contribution in [-0.2, 0) is 14.1 Å². The topological polar surface area (TPSA) is 66.2 Å². The maximum Gasteiger partial charge on any atom is 0.332 e. The Labute approximate surface area is 161 Å². The average molecular weight is 395 g/mol. The molecule has 0 radical (unpaired) electrons. The summed E-state index contributed by atoms with van der Waals surface area (Å²) >= 11 is 1.55. The Hall–Kier alpha value is -3.46. The molecule has 0 aliphatic carbocycles. The van der Waals surface area contributed by atoms with Gasteiger partial charge < -0.3 is 0 Å². The fourth-order valence-electron chi connectivity index (χ4n) is 3.41. The summed E-state index contributed by atoms with van der Waals surface area (Å²) in [5.74, 6) is 0.137. The molecule has 0 fully saturated rings. The number of thiophene rings is 1. The predicted molar refractivity (Wildman–Crippen MR) is 106 cm³/mol.